The fourth-order valence-corrected chi connectivity index (χ4v) is 1.81. The van der Waals surface area contributed by atoms with E-state index in [4.69, 9.17) is 0 Å². The number of allylic oxidation sites excluding steroid dienone is 2. The lowest BCUT2D eigenvalue weighted by molar-refractivity contribution is 0.503. The first-order valence-electron chi connectivity index (χ1n) is 5.55. The lowest BCUT2D eigenvalue weighted by Gasteiger charge is -2.17. The standard InChI is InChI=1S/C10H16.C2H6.CH4/c1-8-2-4-9(5-3-8)10-6-7-10;1-2;/h4,8,10H,2-3,5-7H2,1H3;1-2H3;1H4. The van der Waals surface area contributed by atoms with Gasteiger partial charge in [-0.3, -0.25) is 0 Å². The van der Waals surface area contributed by atoms with Crippen LogP contribution in [0.15, 0.2) is 11.6 Å². The molecule has 0 nitrogen and oxygen atoms in total. The highest BCUT2D eigenvalue weighted by Crippen LogP contribution is 2.41. The highest BCUT2D eigenvalue weighted by molar-refractivity contribution is 5.14. The third-order valence-electron chi connectivity index (χ3n) is 2.81. The zero-order valence-electron chi connectivity index (χ0n) is 8.77. The molecule has 2 aliphatic carbocycles. The van der Waals surface area contributed by atoms with Crippen LogP contribution >= 0.6 is 0 Å². The van der Waals surface area contributed by atoms with Crippen LogP contribution in [-0.4, -0.2) is 0 Å². The minimum Gasteiger partial charge on any atom is -0.0848 e. The zero-order chi connectivity index (χ0) is 8.97. The van der Waals surface area contributed by atoms with Crippen molar-refractivity contribution in [2.24, 2.45) is 11.8 Å². The van der Waals surface area contributed by atoms with Gasteiger partial charge in [-0.05, 0) is 43.9 Å². The second-order valence-electron chi connectivity index (χ2n) is 3.93. The number of hydrogen-bond acceptors (Lipinski definition) is 0. The largest absolute Gasteiger partial charge is 0.0848 e. The van der Waals surface area contributed by atoms with Gasteiger partial charge >= 0.3 is 0 Å². The fraction of sp³-hybridized carbons (Fsp3) is 0.846. The molecule has 0 aromatic carbocycles. The van der Waals surface area contributed by atoms with Gasteiger partial charge in [0.05, 0.1) is 0 Å². The van der Waals surface area contributed by atoms with E-state index >= 15 is 0 Å². The Hall–Kier alpha value is -0.260. The Morgan fingerprint density at radius 3 is 2.15 bits per heavy atom. The molecular weight excluding hydrogens is 156 g/mol. The second kappa shape index (κ2) is 6.23. The third kappa shape index (κ3) is 3.97. The topological polar surface area (TPSA) is 0 Å². The third-order valence-corrected chi connectivity index (χ3v) is 2.81. The van der Waals surface area contributed by atoms with Crippen molar-refractivity contribution in [3.05, 3.63) is 11.6 Å². The first-order chi connectivity index (χ1) is 5.86. The van der Waals surface area contributed by atoms with Crippen LogP contribution in [0.25, 0.3) is 0 Å². The molecule has 0 bridgehead atoms. The second-order valence-corrected chi connectivity index (χ2v) is 3.93. The molecule has 0 aliphatic heterocycles. The molecule has 1 atom stereocenters. The van der Waals surface area contributed by atoms with Gasteiger partial charge in [0.25, 0.3) is 0 Å². The molecule has 0 spiro atoms. The summed E-state index contributed by atoms with van der Waals surface area (Å²) < 4.78 is 0. The quantitative estimate of drug-likeness (QED) is 0.511. The van der Waals surface area contributed by atoms with Gasteiger partial charge in [-0.25, -0.2) is 0 Å². The summed E-state index contributed by atoms with van der Waals surface area (Å²) in [4.78, 5) is 0. The molecule has 78 valence electrons. The van der Waals surface area contributed by atoms with Crippen molar-refractivity contribution in [2.75, 3.05) is 0 Å². The average molecular weight is 182 g/mol. The minimum atomic E-state index is 0. The Bertz CT molecular complexity index is 151. The van der Waals surface area contributed by atoms with E-state index in [1.807, 2.05) is 13.8 Å². The molecule has 0 N–H and O–H groups in total. The van der Waals surface area contributed by atoms with Crippen molar-refractivity contribution in [1.82, 2.24) is 0 Å². The molecule has 1 fully saturated rings. The summed E-state index contributed by atoms with van der Waals surface area (Å²) in [6.45, 7) is 6.36. The molecule has 0 aromatic rings. The predicted molar refractivity (Wildman–Crippen MR) is 61.9 cm³/mol. The summed E-state index contributed by atoms with van der Waals surface area (Å²) in [6, 6.07) is 0. The molecule has 0 radical (unpaired) electrons. The summed E-state index contributed by atoms with van der Waals surface area (Å²) in [5.41, 5.74) is 1.79. The van der Waals surface area contributed by atoms with Gasteiger partial charge in [-0.1, -0.05) is 39.8 Å². The van der Waals surface area contributed by atoms with Gasteiger partial charge in [0.1, 0.15) is 0 Å². The highest BCUT2D eigenvalue weighted by atomic mass is 14.3. The summed E-state index contributed by atoms with van der Waals surface area (Å²) >= 11 is 0. The van der Waals surface area contributed by atoms with E-state index in [1.54, 1.807) is 5.57 Å². The molecule has 0 heterocycles. The Kier molecular flexibility index (Phi) is 6.11. The smallest absolute Gasteiger partial charge is 0.0203 e. The molecule has 0 amide bonds. The van der Waals surface area contributed by atoms with Crippen LogP contribution < -0.4 is 0 Å². The molecule has 0 saturated heterocycles. The van der Waals surface area contributed by atoms with Crippen LogP contribution in [0.1, 0.15) is 60.3 Å². The van der Waals surface area contributed by atoms with E-state index in [9.17, 15) is 0 Å². The van der Waals surface area contributed by atoms with Crippen LogP contribution in [0, 0.1) is 11.8 Å². The molecule has 2 aliphatic rings. The lowest BCUT2D eigenvalue weighted by atomic mass is 9.89. The molecule has 13 heavy (non-hydrogen) atoms. The number of rotatable bonds is 1. The summed E-state index contributed by atoms with van der Waals surface area (Å²) in [5.74, 6) is 2.00. The van der Waals surface area contributed by atoms with Gasteiger partial charge in [0.2, 0.25) is 0 Å². The van der Waals surface area contributed by atoms with Crippen LogP contribution in [0.5, 0.6) is 0 Å². The van der Waals surface area contributed by atoms with E-state index < -0.39 is 0 Å². The molecule has 0 heteroatoms. The van der Waals surface area contributed by atoms with Crippen LogP contribution in [-0.2, 0) is 0 Å². The molecule has 2 rings (SSSR count). The Morgan fingerprint density at radius 2 is 1.77 bits per heavy atom. The predicted octanol–water partition coefficient (Wildman–Crippen LogP) is 4.81. The van der Waals surface area contributed by atoms with E-state index in [0.717, 1.165) is 11.8 Å². The van der Waals surface area contributed by atoms with E-state index in [2.05, 4.69) is 13.0 Å². The number of hydrogen-bond donors (Lipinski definition) is 0. The van der Waals surface area contributed by atoms with E-state index in [0.29, 0.717) is 0 Å². The molecule has 1 unspecified atom stereocenters. The van der Waals surface area contributed by atoms with Crippen molar-refractivity contribution in [2.45, 2.75) is 60.3 Å². The molecule has 1 saturated carbocycles. The SMILES string of the molecule is C.CC.CC1CC=C(C2CC2)CC1. The summed E-state index contributed by atoms with van der Waals surface area (Å²) in [6.07, 6.45) is 9.69. The van der Waals surface area contributed by atoms with Crippen LogP contribution in [0.2, 0.25) is 0 Å². The fourth-order valence-electron chi connectivity index (χ4n) is 1.81. The lowest BCUT2D eigenvalue weighted by Crippen LogP contribution is -2.02. The summed E-state index contributed by atoms with van der Waals surface area (Å²) in [7, 11) is 0. The first kappa shape index (κ1) is 12.7. The average Bonchev–Trinajstić information content (AvgIpc) is 2.93. The van der Waals surface area contributed by atoms with Crippen LogP contribution in [0.4, 0.5) is 0 Å². The van der Waals surface area contributed by atoms with Crippen molar-refractivity contribution >= 4 is 0 Å². The Balaban J connectivity index is 0.000000451. The maximum Gasteiger partial charge on any atom is -0.0203 e. The van der Waals surface area contributed by atoms with Gasteiger partial charge in [0.15, 0.2) is 0 Å². The van der Waals surface area contributed by atoms with E-state index in [-0.39, 0.29) is 7.43 Å². The van der Waals surface area contributed by atoms with Crippen molar-refractivity contribution in [3.63, 3.8) is 0 Å². The van der Waals surface area contributed by atoms with Crippen molar-refractivity contribution in [3.8, 4) is 0 Å². The highest BCUT2D eigenvalue weighted by Gasteiger charge is 2.26. The Labute approximate surface area is 84.4 Å². The maximum atomic E-state index is 2.51. The van der Waals surface area contributed by atoms with Gasteiger partial charge in [-0.15, -0.1) is 0 Å². The zero-order valence-corrected chi connectivity index (χ0v) is 8.77. The first-order valence-corrected chi connectivity index (χ1v) is 5.55. The minimum absolute atomic E-state index is 0. The Morgan fingerprint density at radius 1 is 1.15 bits per heavy atom. The monoisotopic (exact) mass is 182 g/mol. The van der Waals surface area contributed by atoms with E-state index in [1.165, 1.54) is 32.1 Å². The van der Waals surface area contributed by atoms with Gasteiger partial charge < -0.3 is 0 Å². The van der Waals surface area contributed by atoms with Gasteiger partial charge in [0, 0.05) is 0 Å². The van der Waals surface area contributed by atoms with Gasteiger partial charge in [-0.2, -0.15) is 0 Å². The van der Waals surface area contributed by atoms with Crippen molar-refractivity contribution < 1.29 is 0 Å². The molecular formula is C13H26. The summed E-state index contributed by atoms with van der Waals surface area (Å²) in [5, 5.41) is 0. The molecule has 0 aromatic heterocycles. The van der Waals surface area contributed by atoms with Crippen molar-refractivity contribution in [1.29, 1.82) is 0 Å². The normalized spacial score (nSPS) is 26.4. The van der Waals surface area contributed by atoms with Crippen LogP contribution in [0.3, 0.4) is 0 Å². The maximum absolute atomic E-state index is 2.51.